The van der Waals surface area contributed by atoms with E-state index >= 15 is 0 Å². The van der Waals surface area contributed by atoms with E-state index in [1.807, 2.05) is 12.1 Å². The molecule has 1 aromatic rings. The summed E-state index contributed by atoms with van der Waals surface area (Å²) in [5, 5.41) is 14.8. The first-order valence-corrected chi connectivity index (χ1v) is 6.30. The largest absolute Gasteiger partial charge is 0.351 e. The van der Waals surface area contributed by atoms with Gasteiger partial charge in [-0.25, -0.2) is 0 Å². The zero-order valence-corrected chi connectivity index (χ0v) is 10.3. The van der Waals surface area contributed by atoms with Gasteiger partial charge in [0.05, 0.1) is 17.7 Å². The minimum atomic E-state index is -0.0443. The van der Waals surface area contributed by atoms with Crippen LogP contribution in [0.3, 0.4) is 0 Å². The molecule has 1 heterocycles. The van der Waals surface area contributed by atoms with Crippen LogP contribution in [0.5, 0.6) is 0 Å². The molecule has 1 aliphatic heterocycles. The maximum absolute atomic E-state index is 11.9. The molecule has 18 heavy (non-hydrogen) atoms. The number of nitriles is 1. The number of amides is 1. The van der Waals surface area contributed by atoms with Crippen molar-refractivity contribution in [3.05, 3.63) is 35.4 Å². The quantitative estimate of drug-likeness (QED) is 0.841. The predicted octanol–water partition coefficient (Wildman–Crippen LogP) is 1.32. The lowest BCUT2D eigenvalue weighted by atomic mass is 10.0. The van der Waals surface area contributed by atoms with Crippen LogP contribution in [-0.2, 0) is 11.3 Å². The molecule has 2 rings (SSSR count). The number of nitrogens with zero attached hydrogens (tertiary/aromatic N) is 1. The number of piperidine rings is 1. The molecule has 0 radical (unpaired) electrons. The lowest BCUT2D eigenvalue weighted by Gasteiger charge is -2.22. The van der Waals surface area contributed by atoms with E-state index in [1.54, 1.807) is 12.1 Å². The van der Waals surface area contributed by atoms with Gasteiger partial charge in [-0.1, -0.05) is 18.6 Å². The van der Waals surface area contributed by atoms with Gasteiger partial charge in [0.15, 0.2) is 0 Å². The second kappa shape index (κ2) is 6.18. The summed E-state index contributed by atoms with van der Waals surface area (Å²) >= 11 is 0. The maximum atomic E-state index is 11.9. The second-order valence-corrected chi connectivity index (χ2v) is 4.53. The highest BCUT2D eigenvalue weighted by molar-refractivity contribution is 5.81. The molecule has 1 aromatic carbocycles. The highest BCUT2D eigenvalue weighted by atomic mass is 16.2. The number of hydrogen-bond acceptors (Lipinski definition) is 3. The monoisotopic (exact) mass is 243 g/mol. The Hall–Kier alpha value is -1.86. The van der Waals surface area contributed by atoms with Crippen LogP contribution in [0.2, 0.25) is 0 Å². The molecule has 2 N–H and O–H groups in total. The zero-order valence-electron chi connectivity index (χ0n) is 10.3. The van der Waals surface area contributed by atoms with Crippen LogP contribution in [0.15, 0.2) is 24.3 Å². The first-order valence-electron chi connectivity index (χ1n) is 6.30. The van der Waals surface area contributed by atoms with Crippen LogP contribution >= 0.6 is 0 Å². The van der Waals surface area contributed by atoms with Crippen LogP contribution in [0.25, 0.3) is 0 Å². The van der Waals surface area contributed by atoms with Gasteiger partial charge in [-0.3, -0.25) is 4.79 Å². The summed E-state index contributed by atoms with van der Waals surface area (Å²) in [6, 6.07) is 9.29. The number of carbonyl (C=O) groups excluding carboxylic acids is 1. The Bertz CT molecular complexity index is 441. The summed E-state index contributed by atoms with van der Waals surface area (Å²) < 4.78 is 0. The molecule has 0 aliphatic carbocycles. The fourth-order valence-electron chi connectivity index (χ4n) is 2.09. The van der Waals surface area contributed by atoms with Gasteiger partial charge in [0.25, 0.3) is 0 Å². The van der Waals surface area contributed by atoms with Crippen molar-refractivity contribution in [1.29, 1.82) is 5.26 Å². The summed E-state index contributed by atoms with van der Waals surface area (Å²) in [6.07, 6.45) is 3.18. The molecule has 1 unspecified atom stereocenters. The first-order chi connectivity index (χ1) is 8.79. The molecule has 94 valence electrons. The molecule has 4 nitrogen and oxygen atoms in total. The third kappa shape index (κ3) is 3.31. The number of rotatable bonds is 3. The maximum Gasteiger partial charge on any atom is 0.237 e. The van der Waals surface area contributed by atoms with Gasteiger partial charge in [0, 0.05) is 6.54 Å². The Morgan fingerprint density at radius 2 is 2.17 bits per heavy atom. The van der Waals surface area contributed by atoms with Gasteiger partial charge in [-0.05, 0) is 37.1 Å². The third-order valence-corrected chi connectivity index (χ3v) is 3.18. The SMILES string of the molecule is N#Cc1ccc(CNC(=O)C2CCCCN2)cc1. The van der Waals surface area contributed by atoms with E-state index in [0.29, 0.717) is 12.1 Å². The van der Waals surface area contributed by atoms with Crippen molar-refractivity contribution in [2.75, 3.05) is 6.54 Å². The summed E-state index contributed by atoms with van der Waals surface area (Å²) in [7, 11) is 0. The van der Waals surface area contributed by atoms with Crippen molar-refractivity contribution in [3.63, 3.8) is 0 Å². The summed E-state index contributed by atoms with van der Waals surface area (Å²) in [5.41, 5.74) is 1.65. The van der Waals surface area contributed by atoms with Gasteiger partial charge in [0.1, 0.15) is 0 Å². The number of benzene rings is 1. The molecule has 1 aliphatic rings. The second-order valence-electron chi connectivity index (χ2n) is 4.53. The van der Waals surface area contributed by atoms with E-state index < -0.39 is 0 Å². The lowest BCUT2D eigenvalue weighted by molar-refractivity contribution is -0.123. The van der Waals surface area contributed by atoms with Gasteiger partial charge >= 0.3 is 0 Å². The Morgan fingerprint density at radius 1 is 1.39 bits per heavy atom. The molecule has 1 saturated heterocycles. The van der Waals surface area contributed by atoms with E-state index in [9.17, 15) is 4.79 Å². The molecule has 0 bridgehead atoms. The van der Waals surface area contributed by atoms with Crippen molar-refractivity contribution in [3.8, 4) is 6.07 Å². The topological polar surface area (TPSA) is 64.9 Å². The molecule has 4 heteroatoms. The van der Waals surface area contributed by atoms with E-state index in [4.69, 9.17) is 5.26 Å². The minimum absolute atomic E-state index is 0.0443. The fourth-order valence-corrected chi connectivity index (χ4v) is 2.09. The average molecular weight is 243 g/mol. The summed E-state index contributed by atoms with van der Waals surface area (Å²) in [4.78, 5) is 11.9. The number of carbonyl (C=O) groups is 1. The molecular formula is C14H17N3O. The van der Waals surface area contributed by atoms with Crippen molar-refractivity contribution in [1.82, 2.24) is 10.6 Å². The van der Waals surface area contributed by atoms with E-state index in [1.165, 1.54) is 0 Å². The van der Waals surface area contributed by atoms with Crippen LogP contribution in [0.1, 0.15) is 30.4 Å². The highest BCUT2D eigenvalue weighted by Crippen LogP contribution is 2.07. The average Bonchev–Trinajstić information content (AvgIpc) is 2.46. The Labute approximate surface area is 107 Å². The lowest BCUT2D eigenvalue weighted by Crippen LogP contribution is -2.46. The Balaban J connectivity index is 1.83. The highest BCUT2D eigenvalue weighted by Gasteiger charge is 2.19. The molecule has 0 aromatic heterocycles. The Morgan fingerprint density at radius 3 is 2.78 bits per heavy atom. The molecule has 1 fully saturated rings. The normalized spacial score (nSPS) is 18.9. The van der Waals surface area contributed by atoms with E-state index in [2.05, 4.69) is 16.7 Å². The molecule has 1 amide bonds. The van der Waals surface area contributed by atoms with Gasteiger partial charge in [-0.2, -0.15) is 5.26 Å². The van der Waals surface area contributed by atoms with E-state index in [0.717, 1.165) is 31.4 Å². The standard InChI is InChI=1S/C14H17N3O/c15-9-11-4-6-12(7-5-11)10-17-14(18)13-3-1-2-8-16-13/h4-7,13,16H,1-3,8,10H2,(H,17,18). The van der Waals surface area contributed by atoms with Crippen molar-refractivity contribution < 1.29 is 4.79 Å². The van der Waals surface area contributed by atoms with Crippen LogP contribution < -0.4 is 10.6 Å². The first kappa shape index (κ1) is 12.6. The summed E-state index contributed by atoms with van der Waals surface area (Å²) in [5.74, 6) is 0.0686. The zero-order chi connectivity index (χ0) is 12.8. The van der Waals surface area contributed by atoms with Crippen molar-refractivity contribution in [2.24, 2.45) is 0 Å². The Kier molecular flexibility index (Phi) is 4.32. The summed E-state index contributed by atoms with van der Waals surface area (Å²) in [6.45, 7) is 1.44. The molecule has 1 atom stereocenters. The van der Waals surface area contributed by atoms with Gasteiger partial charge in [0.2, 0.25) is 5.91 Å². The van der Waals surface area contributed by atoms with Gasteiger partial charge < -0.3 is 10.6 Å². The third-order valence-electron chi connectivity index (χ3n) is 3.18. The van der Waals surface area contributed by atoms with E-state index in [-0.39, 0.29) is 11.9 Å². The molecule has 0 spiro atoms. The fraction of sp³-hybridized carbons (Fsp3) is 0.429. The van der Waals surface area contributed by atoms with Crippen LogP contribution in [0.4, 0.5) is 0 Å². The molecular weight excluding hydrogens is 226 g/mol. The van der Waals surface area contributed by atoms with Crippen molar-refractivity contribution >= 4 is 5.91 Å². The smallest absolute Gasteiger partial charge is 0.237 e. The van der Waals surface area contributed by atoms with Gasteiger partial charge in [-0.15, -0.1) is 0 Å². The minimum Gasteiger partial charge on any atom is -0.351 e. The van der Waals surface area contributed by atoms with Crippen LogP contribution in [0, 0.1) is 11.3 Å². The van der Waals surface area contributed by atoms with Crippen LogP contribution in [-0.4, -0.2) is 18.5 Å². The predicted molar refractivity (Wildman–Crippen MR) is 68.6 cm³/mol. The number of hydrogen-bond donors (Lipinski definition) is 2. The number of nitrogens with one attached hydrogen (secondary N) is 2. The molecule has 0 saturated carbocycles. The van der Waals surface area contributed by atoms with Crippen molar-refractivity contribution in [2.45, 2.75) is 31.8 Å².